The highest BCUT2D eigenvalue weighted by atomic mass is 32.2. The molecule has 0 spiro atoms. The first kappa shape index (κ1) is 29.1. The molecule has 0 bridgehead atoms. The third-order valence-corrected chi connectivity index (χ3v) is 9.45. The minimum Gasteiger partial charge on any atom is -0.394 e. The van der Waals surface area contributed by atoms with Gasteiger partial charge in [-0.1, -0.05) is 32.0 Å². The maximum atomic E-state index is 13.0. The lowest BCUT2D eigenvalue weighted by molar-refractivity contribution is -0.184. The lowest BCUT2D eigenvalue weighted by Crippen LogP contribution is -2.30. The molecular weight excluding hydrogens is 531 g/mol. The predicted octanol–water partition coefficient (Wildman–Crippen LogP) is 5.22. The van der Waals surface area contributed by atoms with Crippen LogP contribution in [0.5, 0.6) is 0 Å². The first-order valence-corrected chi connectivity index (χ1v) is 14.9. The summed E-state index contributed by atoms with van der Waals surface area (Å²) in [5, 5.41) is 18.3. The Labute approximate surface area is 226 Å². The van der Waals surface area contributed by atoms with Crippen molar-refractivity contribution in [2.24, 2.45) is 11.8 Å². The van der Waals surface area contributed by atoms with E-state index in [9.17, 15) is 31.5 Å². The number of aryl methyl sites for hydroxylation is 1. The van der Waals surface area contributed by atoms with Gasteiger partial charge in [-0.15, -0.1) is 0 Å². The molecule has 212 valence electrons. The summed E-state index contributed by atoms with van der Waals surface area (Å²) >= 11 is 0. The second kappa shape index (κ2) is 11.7. The highest BCUT2D eigenvalue weighted by Gasteiger charge is 2.41. The molecular formula is C28H34F3N3O4S. The number of alkyl halides is 3. The number of amides is 1. The van der Waals surface area contributed by atoms with Gasteiger partial charge in [-0.2, -0.15) is 18.3 Å². The molecule has 1 atom stereocenters. The Morgan fingerprint density at radius 3 is 2.33 bits per heavy atom. The zero-order valence-corrected chi connectivity index (χ0v) is 22.9. The van der Waals surface area contributed by atoms with Crippen molar-refractivity contribution in [3.8, 4) is 0 Å². The number of fused-ring (bicyclic) bond motifs is 1. The Morgan fingerprint density at radius 1 is 1.10 bits per heavy atom. The van der Waals surface area contributed by atoms with Crippen molar-refractivity contribution in [3.63, 3.8) is 0 Å². The zero-order chi connectivity index (χ0) is 28.4. The fourth-order valence-corrected chi connectivity index (χ4v) is 6.20. The first-order chi connectivity index (χ1) is 18.5. The fourth-order valence-electron chi connectivity index (χ4n) is 5.32. The maximum absolute atomic E-state index is 13.0. The Morgan fingerprint density at radius 2 is 1.77 bits per heavy atom. The summed E-state index contributed by atoms with van der Waals surface area (Å²) in [7, 11) is -3.36. The van der Waals surface area contributed by atoms with Crippen molar-refractivity contribution in [1.82, 2.24) is 15.1 Å². The van der Waals surface area contributed by atoms with Crippen LogP contribution in [0.25, 0.3) is 10.9 Å². The summed E-state index contributed by atoms with van der Waals surface area (Å²) in [5.74, 6) is -1.54. The quantitative estimate of drug-likeness (QED) is 0.370. The van der Waals surface area contributed by atoms with E-state index in [1.54, 1.807) is 31.2 Å². The molecule has 1 heterocycles. The molecule has 1 saturated carbocycles. The highest BCUT2D eigenvalue weighted by Crippen LogP contribution is 2.40. The normalized spacial score (nSPS) is 19.2. The maximum Gasteiger partial charge on any atom is 0.391 e. The molecule has 0 radical (unpaired) electrons. The summed E-state index contributed by atoms with van der Waals surface area (Å²) in [6, 6.07) is 10.5. The number of hydrogen-bond donors (Lipinski definition) is 2. The summed E-state index contributed by atoms with van der Waals surface area (Å²) in [6.45, 7) is 3.72. The monoisotopic (exact) mass is 565 g/mol. The van der Waals surface area contributed by atoms with Crippen LogP contribution in [-0.4, -0.2) is 47.7 Å². The van der Waals surface area contributed by atoms with Gasteiger partial charge < -0.3 is 10.4 Å². The molecule has 0 aliphatic heterocycles. The number of benzene rings is 2. The van der Waals surface area contributed by atoms with E-state index in [4.69, 9.17) is 5.10 Å². The topological polar surface area (TPSA) is 101 Å². The average molecular weight is 566 g/mol. The van der Waals surface area contributed by atoms with Crippen molar-refractivity contribution in [3.05, 3.63) is 59.3 Å². The van der Waals surface area contributed by atoms with Crippen LogP contribution < -0.4 is 5.32 Å². The molecule has 3 aromatic rings. The van der Waals surface area contributed by atoms with Gasteiger partial charge in [0.2, 0.25) is 0 Å². The standard InChI is InChI=1S/C28H34F3N3O4S/c1-3-26-23-14-9-20(15-24(23)33-34(26)16-18-5-10-21(11-6-18)28(29,30)31)27(36)32-25(17-35)19-7-12-22(13-8-19)39(37,38)4-2/h7-9,12-15,18,21,25,35H,3-6,10-11,16-17H2,1-2H3,(H,32,36). The SMILES string of the molecule is CCc1c2ccc(C(=O)NC(CO)c3ccc(S(=O)(=O)CC)cc3)cc2nn1CC1CCC(C(F)(F)F)CC1. The molecule has 2 N–H and O–H groups in total. The van der Waals surface area contributed by atoms with E-state index >= 15 is 0 Å². The van der Waals surface area contributed by atoms with Crippen molar-refractivity contribution < 1.29 is 31.5 Å². The molecule has 7 nitrogen and oxygen atoms in total. The Hall–Kier alpha value is -2.92. The lowest BCUT2D eigenvalue weighted by Gasteiger charge is -2.30. The van der Waals surface area contributed by atoms with E-state index in [2.05, 4.69) is 5.32 Å². The van der Waals surface area contributed by atoms with E-state index in [0.29, 0.717) is 42.5 Å². The minimum absolute atomic E-state index is 0.0241. The van der Waals surface area contributed by atoms with Gasteiger partial charge in [0, 0.05) is 23.2 Å². The van der Waals surface area contributed by atoms with Crippen LogP contribution in [0.1, 0.15) is 67.2 Å². The lowest BCUT2D eigenvalue weighted by atomic mass is 9.81. The first-order valence-electron chi connectivity index (χ1n) is 13.3. The van der Waals surface area contributed by atoms with E-state index in [0.717, 1.165) is 11.1 Å². The van der Waals surface area contributed by atoms with Crippen LogP contribution in [0.2, 0.25) is 0 Å². The Kier molecular flexibility index (Phi) is 8.70. The molecule has 2 aromatic carbocycles. The Bertz CT molecular complexity index is 1410. The molecule has 1 aliphatic rings. The van der Waals surface area contributed by atoms with Crippen molar-refractivity contribution >= 4 is 26.6 Å². The van der Waals surface area contributed by atoms with Gasteiger partial charge in [-0.3, -0.25) is 9.48 Å². The number of aromatic nitrogens is 2. The predicted molar refractivity (Wildman–Crippen MR) is 142 cm³/mol. The molecule has 1 aliphatic carbocycles. The third-order valence-electron chi connectivity index (χ3n) is 7.70. The highest BCUT2D eigenvalue weighted by molar-refractivity contribution is 7.91. The number of hydrogen-bond acceptors (Lipinski definition) is 5. The van der Waals surface area contributed by atoms with E-state index in [1.165, 1.54) is 12.1 Å². The fraction of sp³-hybridized carbons (Fsp3) is 0.500. The van der Waals surface area contributed by atoms with Crippen LogP contribution in [0.3, 0.4) is 0 Å². The summed E-state index contributed by atoms with van der Waals surface area (Å²) < 4.78 is 65.1. The van der Waals surface area contributed by atoms with E-state index < -0.39 is 33.9 Å². The molecule has 1 fully saturated rings. The number of nitrogens with zero attached hydrogens (tertiary/aromatic N) is 2. The third kappa shape index (κ3) is 6.46. The molecule has 1 aromatic heterocycles. The van der Waals surface area contributed by atoms with E-state index in [1.807, 2.05) is 17.7 Å². The molecule has 0 saturated heterocycles. The Balaban J connectivity index is 1.48. The number of aliphatic hydroxyl groups is 1. The zero-order valence-electron chi connectivity index (χ0n) is 22.0. The number of carbonyl (C=O) groups excluding carboxylic acids is 1. The van der Waals surface area contributed by atoms with E-state index in [-0.39, 0.29) is 36.0 Å². The smallest absolute Gasteiger partial charge is 0.391 e. The number of halogens is 3. The molecule has 39 heavy (non-hydrogen) atoms. The van der Waals surface area contributed by atoms with Gasteiger partial charge in [0.15, 0.2) is 9.84 Å². The second-order valence-corrected chi connectivity index (χ2v) is 12.4. The second-order valence-electron chi connectivity index (χ2n) is 10.2. The summed E-state index contributed by atoms with van der Waals surface area (Å²) in [5.41, 5.74) is 2.52. The number of nitrogens with one attached hydrogen (secondary N) is 1. The van der Waals surface area contributed by atoms with Crippen molar-refractivity contribution in [1.29, 1.82) is 0 Å². The van der Waals surface area contributed by atoms with Gasteiger partial charge in [-0.05, 0) is 67.9 Å². The number of sulfone groups is 1. The van der Waals surface area contributed by atoms with Crippen LogP contribution in [0.15, 0.2) is 47.4 Å². The molecule has 4 rings (SSSR count). The molecule has 11 heteroatoms. The van der Waals surface area contributed by atoms with Crippen LogP contribution in [0, 0.1) is 11.8 Å². The van der Waals surface area contributed by atoms with Crippen LogP contribution >= 0.6 is 0 Å². The van der Waals surface area contributed by atoms with Gasteiger partial charge in [-0.25, -0.2) is 8.42 Å². The van der Waals surface area contributed by atoms with Crippen molar-refractivity contribution in [2.45, 2.75) is 69.6 Å². The molecule has 1 unspecified atom stereocenters. The summed E-state index contributed by atoms with van der Waals surface area (Å²) in [6.07, 6.45) is -2.15. The molecule has 1 amide bonds. The van der Waals surface area contributed by atoms with Gasteiger partial charge in [0.1, 0.15) is 0 Å². The summed E-state index contributed by atoms with van der Waals surface area (Å²) in [4.78, 5) is 13.2. The number of rotatable bonds is 9. The average Bonchev–Trinajstić information content (AvgIpc) is 3.27. The van der Waals surface area contributed by atoms with Crippen molar-refractivity contribution in [2.75, 3.05) is 12.4 Å². The van der Waals surface area contributed by atoms with Gasteiger partial charge in [0.25, 0.3) is 5.91 Å². The minimum atomic E-state index is -4.13. The number of carbonyl (C=O) groups is 1. The largest absolute Gasteiger partial charge is 0.394 e. The van der Waals surface area contributed by atoms with Gasteiger partial charge >= 0.3 is 6.18 Å². The van der Waals surface area contributed by atoms with Crippen LogP contribution in [0.4, 0.5) is 13.2 Å². The van der Waals surface area contributed by atoms with Crippen LogP contribution in [-0.2, 0) is 22.8 Å². The van der Waals surface area contributed by atoms with Gasteiger partial charge in [0.05, 0.1) is 34.7 Å². The number of aliphatic hydroxyl groups excluding tert-OH is 1.